The van der Waals surface area contributed by atoms with Crippen molar-refractivity contribution in [2.24, 2.45) is 0 Å². The molecule has 0 aromatic heterocycles. The predicted octanol–water partition coefficient (Wildman–Crippen LogP) is 3.29. The number of halogens is 2. The van der Waals surface area contributed by atoms with E-state index in [-0.39, 0.29) is 17.7 Å². The average molecular weight is 379 g/mol. The number of carbonyl (C=O) groups excluding carboxylic acids is 2. The maximum atomic E-state index is 13.1. The van der Waals surface area contributed by atoms with Gasteiger partial charge in [0.2, 0.25) is 0 Å². The molecule has 0 radical (unpaired) electrons. The maximum Gasteiger partial charge on any atom is 0.282 e. The van der Waals surface area contributed by atoms with Gasteiger partial charge in [0.15, 0.2) is 0 Å². The Morgan fingerprint density at radius 1 is 1.17 bits per heavy atom. The standard InChI is InChI=1S/C15H8BrFN2O4/c16-11-6-9(17)5-4-8(11)7-18-14(20)10-2-1-3-12(19(22)23)13(10)15(18)21/h1-6H,7H2. The van der Waals surface area contributed by atoms with Crippen LogP contribution in [-0.2, 0) is 6.54 Å². The molecular weight excluding hydrogens is 371 g/mol. The summed E-state index contributed by atoms with van der Waals surface area (Å²) < 4.78 is 13.5. The Bertz CT molecular complexity index is 869. The molecule has 1 aliphatic heterocycles. The quantitative estimate of drug-likeness (QED) is 0.466. The number of nitro groups is 1. The zero-order valence-corrected chi connectivity index (χ0v) is 13.0. The fourth-order valence-electron chi connectivity index (χ4n) is 2.43. The summed E-state index contributed by atoms with van der Waals surface area (Å²) in [6, 6.07) is 7.79. The second-order valence-electron chi connectivity index (χ2n) is 4.89. The lowest BCUT2D eigenvalue weighted by Crippen LogP contribution is -2.29. The molecule has 8 heteroatoms. The third kappa shape index (κ3) is 2.50. The minimum atomic E-state index is -0.728. The molecule has 23 heavy (non-hydrogen) atoms. The summed E-state index contributed by atoms with van der Waals surface area (Å²) in [5, 5.41) is 11.0. The van der Waals surface area contributed by atoms with E-state index in [1.54, 1.807) is 0 Å². The van der Waals surface area contributed by atoms with Crippen molar-refractivity contribution < 1.29 is 18.9 Å². The molecule has 3 rings (SSSR count). The van der Waals surface area contributed by atoms with Crippen molar-refractivity contribution in [1.29, 1.82) is 0 Å². The first-order chi connectivity index (χ1) is 10.9. The highest BCUT2D eigenvalue weighted by atomic mass is 79.9. The highest BCUT2D eigenvalue weighted by Gasteiger charge is 2.40. The van der Waals surface area contributed by atoms with Crippen molar-refractivity contribution in [2.45, 2.75) is 6.54 Å². The molecule has 0 spiro atoms. The van der Waals surface area contributed by atoms with Gasteiger partial charge >= 0.3 is 0 Å². The van der Waals surface area contributed by atoms with Crippen LogP contribution in [0.15, 0.2) is 40.9 Å². The number of amides is 2. The van der Waals surface area contributed by atoms with E-state index < -0.39 is 28.2 Å². The van der Waals surface area contributed by atoms with Gasteiger partial charge in [-0.2, -0.15) is 0 Å². The molecule has 0 saturated heterocycles. The zero-order chi connectivity index (χ0) is 16.7. The van der Waals surface area contributed by atoms with Crippen molar-refractivity contribution in [3.05, 3.63) is 73.5 Å². The fraction of sp³-hybridized carbons (Fsp3) is 0.0667. The molecule has 2 aromatic rings. The molecule has 0 N–H and O–H groups in total. The average Bonchev–Trinajstić information content (AvgIpc) is 2.74. The summed E-state index contributed by atoms with van der Waals surface area (Å²) in [5.41, 5.74) is -0.0896. The third-order valence-corrected chi connectivity index (χ3v) is 4.26. The zero-order valence-electron chi connectivity index (χ0n) is 11.5. The Morgan fingerprint density at radius 3 is 2.57 bits per heavy atom. The molecule has 0 unspecified atom stereocenters. The number of fused-ring (bicyclic) bond motifs is 1. The van der Waals surface area contributed by atoms with Gasteiger partial charge in [0, 0.05) is 10.5 Å². The molecule has 0 aliphatic carbocycles. The largest absolute Gasteiger partial charge is 0.282 e. The normalized spacial score (nSPS) is 13.4. The monoisotopic (exact) mass is 378 g/mol. The molecule has 1 aliphatic rings. The van der Waals surface area contributed by atoms with Crippen molar-refractivity contribution in [3.63, 3.8) is 0 Å². The highest BCUT2D eigenvalue weighted by Crippen LogP contribution is 2.32. The minimum Gasteiger partial charge on any atom is -0.270 e. The lowest BCUT2D eigenvalue weighted by atomic mass is 10.1. The summed E-state index contributed by atoms with van der Waals surface area (Å²) in [6.07, 6.45) is 0. The smallest absolute Gasteiger partial charge is 0.270 e. The van der Waals surface area contributed by atoms with Gasteiger partial charge in [-0.05, 0) is 23.8 Å². The van der Waals surface area contributed by atoms with Crippen LogP contribution in [-0.4, -0.2) is 21.6 Å². The number of nitro benzene ring substituents is 1. The van der Waals surface area contributed by atoms with E-state index in [1.807, 2.05) is 0 Å². The van der Waals surface area contributed by atoms with Gasteiger partial charge in [0.25, 0.3) is 17.5 Å². The van der Waals surface area contributed by atoms with E-state index in [0.29, 0.717) is 10.0 Å². The SMILES string of the molecule is O=C1c2cccc([N+](=O)[O-])c2C(=O)N1Cc1ccc(F)cc1Br. The number of hydrogen-bond donors (Lipinski definition) is 0. The van der Waals surface area contributed by atoms with Gasteiger partial charge in [0.05, 0.1) is 17.0 Å². The molecule has 116 valence electrons. The van der Waals surface area contributed by atoms with Gasteiger partial charge in [-0.1, -0.05) is 28.1 Å². The van der Waals surface area contributed by atoms with Crippen LogP contribution in [0.5, 0.6) is 0 Å². The van der Waals surface area contributed by atoms with Crippen LogP contribution in [0.1, 0.15) is 26.3 Å². The number of rotatable bonds is 3. The Hall–Kier alpha value is -2.61. The number of benzene rings is 2. The summed E-state index contributed by atoms with van der Waals surface area (Å²) in [7, 11) is 0. The summed E-state index contributed by atoms with van der Waals surface area (Å²) in [4.78, 5) is 36.0. The predicted molar refractivity (Wildman–Crippen MR) is 81.4 cm³/mol. The summed E-state index contributed by atoms with van der Waals surface area (Å²) in [6.45, 7) is -0.107. The van der Waals surface area contributed by atoms with E-state index in [0.717, 1.165) is 4.90 Å². The molecule has 6 nitrogen and oxygen atoms in total. The Kier molecular flexibility index (Phi) is 3.69. The van der Waals surface area contributed by atoms with E-state index >= 15 is 0 Å². The first-order valence-corrected chi connectivity index (χ1v) is 7.27. The Labute approximate surface area is 137 Å². The van der Waals surface area contributed by atoms with Gasteiger partial charge in [-0.25, -0.2) is 4.39 Å². The van der Waals surface area contributed by atoms with Crippen LogP contribution < -0.4 is 0 Å². The lowest BCUT2D eigenvalue weighted by Gasteiger charge is -2.14. The summed E-state index contributed by atoms with van der Waals surface area (Å²) in [5.74, 6) is -1.79. The second kappa shape index (κ2) is 5.54. The van der Waals surface area contributed by atoms with Gasteiger partial charge in [-0.3, -0.25) is 24.6 Å². The minimum absolute atomic E-state index is 0.00225. The van der Waals surface area contributed by atoms with E-state index in [2.05, 4.69) is 15.9 Å². The number of hydrogen-bond acceptors (Lipinski definition) is 4. The fourth-order valence-corrected chi connectivity index (χ4v) is 2.91. The highest BCUT2D eigenvalue weighted by molar-refractivity contribution is 9.10. The van der Waals surface area contributed by atoms with E-state index in [1.165, 1.54) is 36.4 Å². The van der Waals surface area contributed by atoms with E-state index in [9.17, 15) is 24.1 Å². The molecule has 2 aromatic carbocycles. The maximum absolute atomic E-state index is 13.1. The van der Waals surface area contributed by atoms with Gasteiger partial charge < -0.3 is 0 Å². The van der Waals surface area contributed by atoms with Crippen LogP contribution in [0.3, 0.4) is 0 Å². The molecule has 0 saturated carbocycles. The van der Waals surface area contributed by atoms with Crippen molar-refractivity contribution in [2.75, 3.05) is 0 Å². The lowest BCUT2D eigenvalue weighted by molar-refractivity contribution is -0.385. The van der Waals surface area contributed by atoms with Crippen LogP contribution in [0.2, 0.25) is 0 Å². The van der Waals surface area contributed by atoms with Crippen molar-refractivity contribution >= 4 is 33.4 Å². The molecular formula is C15H8BrFN2O4. The van der Waals surface area contributed by atoms with Crippen molar-refractivity contribution in [3.8, 4) is 0 Å². The Morgan fingerprint density at radius 2 is 1.91 bits per heavy atom. The molecule has 1 heterocycles. The number of nitrogens with zero attached hydrogens (tertiary/aromatic N) is 2. The second-order valence-corrected chi connectivity index (χ2v) is 5.74. The first kappa shape index (κ1) is 15.3. The molecule has 0 atom stereocenters. The van der Waals surface area contributed by atoms with Crippen molar-refractivity contribution in [1.82, 2.24) is 4.90 Å². The molecule has 2 amide bonds. The van der Waals surface area contributed by atoms with Gasteiger partial charge in [0.1, 0.15) is 11.4 Å². The van der Waals surface area contributed by atoms with Crippen LogP contribution in [0.4, 0.5) is 10.1 Å². The summed E-state index contributed by atoms with van der Waals surface area (Å²) >= 11 is 3.17. The van der Waals surface area contributed by atoms with Crippen LogP contribution in [0.25, 0.3) is 0 Å². The van der Waals surface area contributed by atoms with Crippen LogP contribution >= 0.6 is 15.9 Å². The Balaban J connectivity index is 2.01. The first-order valence-electron chi connectivity index (χ1n) is 6.47. The third-order valence-electron chi connectivity index (χ3n) is 3.52. The van der Waals surface area contributed by atoms with E-state index in [4.69, 9.17) is 0 Å². The number of imide groups is 1. The number of carbonyl (C=O) groups is 2. The topological polar surface area (TPSA) is 80.5 Å². The van der Waals surface area contributed by atoms with Gasteiger partial charge in [-0.15, -0.1) is 0 Å². The van der Waals surface area contributed by atoms with Crippen LogP contribution in [0, 0.1) is 15.9 Å². The molecule has 0 fully saturated rings. The molecule has 0 bridgehead atoms.